The van der Waals surface area contributed by atoms with Gasteiger partial charge in [0.2, 0.25) is 0 Å². The number of carbonyl (C=O) groups is 1. The van der Waals surface area contributed by atoms with Gasteiger partial charge in [-0.2, -0.15) is 0 Å². The van der Waals surface area contributed by atoms with Crippen molar-refractivity contribution in [2.75, 3.05) is 44.3 Å². The number of ether oxygens (including phenoxy) is 1. The smallest absolute Gasteiger partial charge is 0.260 e. The number of hydrogen-bond acceptors (Lipinski definition) is 5. The summed E-state index contributed by atoms with van der Waals surface area (Å²) >= 11 is 1.28. The minimum Gasteiger partial charge on any atom is -0.379 e. The van der Waals surface area contributed by atoms with Gasteiger partial charge >= 0.3 is 0 Å². The van der Waals surface area contributed by atoms with Crippen LogP contribution >= 0.6 is 23.7 Å². The molecule has 9 heteroatoms. The first-order valence-corrected chi connectivity index (χ1v) is 10.4. The van der Waals surface area contributed by atoms with Gasteiger partial charge in [0.15, 0.2) is 5.13 Å². The first kappa shape index (κ1) is 22.6. The molecule has 1 amide bonds. The summed E-state index contributed by atoms with van der Waals surface area (Å²) in [5, 5.41) is 0.446. The average Bonchev–Trinajstić information content (AvgIpc) is 3.17. The fourth-order valence-corrected chi connectivity index (χ4v) is 4.33. The molecule has 1 fully saturated rings. The molecule has 5 nitrogen and oxygen atoms in total. The van der Waals surface area contributed by atoms with Crippen LogP contribution in [0.5, 0.6) is 0 Å². The van der Waals surface area contributed by atoms with Gasteiger partial charge in [-0.15, -0.1) is 12.4 Å². The first-order valence-electron chi connectivity index (χ1n) is 9.54. The van der Waals surface area contributed by atoms with Crippen LogP contribution in [-0.4, -0.2) is 55.2 Å². The Balaban J connectivity index is 0.00000256. The molecule has 1 saturated heterocycles. The number of rotatable bonds is 6. The van der Waals surface area contributed by atoms with Crippen molar-refractivity contribution in [3.05, 3.63) is 59.7 Å². The van der Waals surface area contributed by atoms with Gasteiger partial charge in [0.1, 0.15) is 17.2 Å². The van der Waals surface area contributed by atoms with Crippen molar-refractivity contribution >= 4 is 45.0 Å². The van der Waals surface area contributed by atoms with Gasteiger partial charge in [0.25, 0.3) is 5.91 Å². The molecule has 0 atom stereocenters. The van der Waals surface area contributed by atoms with E-state index in [0.717, 1.165) is 39.3 Å². The maximum absolute atomic E-state index is 14.1. The maximum Gasteiger partial charge on any atom is 0.260 e. The van der Waals surface area contributed by atoms with Crippen molar-refractivity contribution in [1.82, 2.24) is 9.88 Å². The lowest BCUT2D eigenvalue weighted by atomic mass is 10.2. The Morgan fingerprint density at radius 2 is 1.87 bits per heavy atom. The normalized spacial score (nSPS) is 14.5. The predicted octanol–water partition coefficient (Wildman–Crippen LogP) is 4.37. The lowest BCUT2D eigenvalue weighted by Gasteiger charge is -2.27. The molecular formula is C21H22ClF2N3O2S. The second kappa shape index (κ2) is 10.3. The summed E-state index contributed by atoms with van der Waals surface area (Å²) in [6, 6.07) is 10.2. The third-order valence-corrected chi connectivity index (χ3v) is 5.93. The van der Waals surface area contributed by atoms with E-state index in [1.54, 1.807) is 17.0 Å². The number of nitrogens with zero attached hydrogens (tertiary/aromatic N) is 3. The summed E-state index contributed by atoms with van der Waals surface area (Å²) in [5.41, 5.74) is 0.634. The van der Waals surface area contributed by atoms with E-state index in [1.165, 1.54) is 41.7 Å². The highest BCUT2D eigenvalue weighted by Crippen LogP contribution is 2.31. The second-order valence-corrected chi connectivity index (χ2v) is 7.86. The molecule has 0 N–H and O–H groups in total. The van der Waals surface area contributed by atoms with Crippen molar-refractivity contribution in [3.8, 4) is 0 Å². The fourth-order valence-electron chi connectivity index (χ4n) is 3.33. The van der Waals surface area contributed by atoms with Crippen molar-refractivity contribution in [2.24, 2.45) is 0 Å². The Morgan fingerprint density at radius 1 is 1.13 bits per heavy atom. The van der Waals surface area contributed by atoms with Gasteiger partial charge < -0.3 is 4.74 Å². The number of morpholine rings is 1. The monoisotopic (exact) mass is 453 g/mol. The van der Waals surface area contributed by atoms with Crippen molar-refractivity contribution in [3.63, 3.8) is 0 Å². The van der Waals surface area contributed by atoms with E-state index in [-0.39, 0.29) is 23.8 Å². The van der Waals surface area contributed by atoms with E-state index >= 15 is 0 Å². The summed E-state index contributed by atoms with van der Waals surface area (Å²) < 4.78 is 33.4. The molecule has 30 heavy (non-hydrogen) atoms. The number of anilines is 1. The lowest BCUT2D eigenvalue weighted by Crippen LogP contribution is -2.39. The Kier molecular flexibility index (Phi) is 7.71. The number of amides is 1. The number of fused-ring (bicyclic) bond motifs is 1. The summed E-state index contributed by atoms with van der Waals surface area (Å²) in [6.45, 7) is 4.45. The van der Waals surface area contributed by atoms with Crippen LogP contribution in [0.1, 0.15) is 16.8 Å². The van der Waals surface area contributed by atoms with Crippen LogP contribution in [0.25, 0.3) is 10.2 Å². The summed E-state index contributed by atoms with van der Waals surface area (Å²) in [5.74, 6) is -1.08. The molecule has 0 aliphatic carbocycles. The predicted molar refractivity (Wildman–Crippen MR) is 117 cm³/mol. The van der Waals surface area contributed by atoms with Crippen LogP contribution < -0.4 is 4.90 Å². The maximum atomic E-state index is 14.1. The Labute approximate surface area is 183 Å². The van der Waals surface area contributed by atoms with Gasteiger partial charge in [-0.05, 0) is 42.8 Å². The highest BCUT2D eigenvalue weighted by Gasteiger charge is 2.22. The fraction of sp³-hybridized carbons (Fsp3) is 0.333. The first-order chi connectivity index (χ1) is 14.1. The topological polar surface area (TPSA) is 45.7 Å². The van der Waals surface area contributed by atoms with Crippen molar-refractivity contribution < 1.29 is 18.3 Å². The average molecular weight is 454 g/mol. The summed E-state index contributed by atoms with van der Waals surface area (Å²) in [4.78, 5) is 21.4. The number of halogens is 3. The molecule has 4 rings (SSSR count). The Hall–Kier alpha value is -2.13. The number of hydrogen-bond donors (Lipinski definition) is 0. The number of para-hydroxylation sites is 1. The largest absolute Gasteiger partial charge is 0.379 e. The zero-order valence-corrected chi connectivity index (χ0v) is 17.9. The standard InChI is InChI=1S/C21H21F2N3O2S.ClH/c22-16-7-5-15(6-8-16)20(27)26(10-2-9-25-11-13-28-14-12-25)21-24-19-17(23)3-1-4-18(19)29-21;/h1,3-8H,2,9-14H2;1H. The second-order valence-electron chi connectivity index (χ2n) is 6.85. The Bertz CT molecular complexity index is 994. The highest BCUT2D eigenvalue weighted by atomic mass is 35.5. The molecule has 160 valence electrons. The molecule has 2 aromatic carbocycles. The third-order valence-electron chi connectivity index (χ3n) is 4.89. The number of carbonyl (C=O) groups excluding carboxylic acids is 1. The molecule has 0 spiro atoms. The van der Waals surface area contributed by atoms with Gasteiger partial charge in [0, 0.05) is 31.7 Å². The number of aromatic nitrogens is 1. The summed E-state index contributed by atoms with van der Waals surface area (Å²) in [7, 11) is 0. The quantitative estimate of drug-likeness (QED) is 0.556. The van der Waals surface area contributed by atoms with Crippen LogP contribution in [0, 0.1) is 11.6 Å². The molecule has 2 heterocycles. The van der Waals surface area contributed by atoms with E-state index in [2.05, 4.69) is 9.88 Å². The van der Waals surface area contributed by atoms with Crippen LogP contribution in [0.2, 0.25) is 0 Å². The van der Waals surface area contributed by atoms with Crippen molar-refractivity contribution in [2.45, 2.75) is 6.42 Å². The number of thiazole rings is 1. The van der Waals surface area contributed by atoms with E-state index in [4.69, 9.17) is 4.74 Å². The molecule has 1 aromatic heterocycles. The number of benzene rings is 2. The van der Waals surface area contributed by atoms with Crippen molar-refractivity contribution in [1.29, 1.82) is 0 Å². The van der Waals surface area contributed by atoms with Gasteiger partial charge in [0.05, 0.1) is 17.9 Å². The molecule has 0 radical (unpaired) electrons. The molecule has 1 aliphatic heterocycles. The zero-order chi connectivity index (χ0) is 20.2. The molecular weight excluding hydrogens is 432 g/mol. The van der Waals surface area contributed by atoms with Crippen LogP contribution in [0.4, 0.5) is 13.9 Å². The SMILES string of the molecule is Cl.O=C(c1ccc(F)cc1)N(CCCN1CCOCC1)c1nc2c(F)cccc2s1. The third kappa shape index (κ3) is 5.13. The highest BCUT2D eigenvalue weighted by molar-refractivity contribution is 7.22. The zero-order valence-electron chi connectivity index (χ0n) is 16.2. The lowest BCUT2D eigenvalue weighted by molar-refractivity contribution is 0.0376. The van der Waals surface area contributed by atoms with E-state index in [9.17, 15) is 13.6 Å². The molecule has 0 saturated carbocycles. The van der Waals surface area contributed by atoms with Gasteiger partial charge in [-0.25, -0.2) is 13.8 Å². The Morgan fingerprint density at radius 3 is 2.57 bits per heavy atom. The van der Waals surface area contributed by atoms with Crippen LogP contribution in [-0.2, 0) is 4.74 Å². The van der Waals surface area contributed by atoms with E-state index < -0.39 is 11.6 Å². The molecule has 3 aromatic rings. The minimum absolute atomic E-state index is 0. The molecule has 1 aliphatic rings. The van der Waals surface area contributed by atoms with Crippen LogP contribution in [0.3, 0.4) is 0 Å². The summed E-state index contributed by atoms with van der Waals surface area (Å²) in [6.07, 6.45) is 0.741. The van der Waals surface area contributed by atoms with Crippen LogP contribution in [0.15, 0.2) is 42.5 Å². The van der Waals surface area contributed by atoms with Gasteiger partial charge in [-0.1, -0.05) is 17.4 Å². The van der Waals surface area contributed by atoms with Gasteiger partial charge in [-0.3, -0.25) is 14.6 Å². The van der Waals surface area contributed by atoms with E-state index in [0.29, 0.717) is 21.9 Å². The minimum atomic E-state index is -0.410. The molecule has 0 unspecified atom stereocenters. The van der Waals surface area contributed by atoms with E-state index in [1.807, 2.05) is 0 Å². The molecule has 0 bridgehead atoms.